The number of carbonyl (C=O) groups excluding carboxylic acids is 1. The van der Waals surface area contributed by atoms with Gasteiger partial charge in [-0.15, -0.1) is 0 Å². The van der Waals surface area contributed by atoms with Crippen LogP contribution in [0.4, 0.5) is 0 Å². The number of hydrogen-bond donors (Lipinski definition) is 0. The first-order chi connectivity index (χ1) is 4.72. The Kier molecular flexibility index (Phi) is 5.99. The molecule has 0 aliphatic rings. The third kappa shape index (κ3) is 4.04. The molecule has 0 rings (SSSR count). The van der Waals surface area contributed by atoms with Crippen LogP contribution < -0.4 is 0 Å². The van der Waals surface area contributed by atoms with Crippen LogP contribution in [0.15, 0.2) is 0 Å². The molecule has 0 aromatic rings. The van der Waals surface area contributed by atoms with Crippen LogP contribution in [0.1, 0.15) is 39.5 Å². The molecule has 0 N–H and O–H groups in total. The highest BCUT2D eigenvalue weighted by atomic mass is 79.9. The number of halogens is 1. The molecule has 0 heterocycles. The lowest BCUT2D eigenvalue weighted by atomic mass is 10.0. The highest BCUT2D eigenvalue weighted by Crippen LogP contribution is 2.15. The fourth-order valence-electron chi connectivity index (χ4n) is 0.929. The maximum absolute atomic E-state index is 10.8. The Labute approximate surface area is 71.3 Å². The molecule has 60 valence electrons. The van der Waals surface area contributed by atoms with E-state index in [1.165, 1.54) is 6.42 Å². The molecular weight excluding hydrogens is 192 g/mol. The fourth-order valence-corrected chi connectivity index (χ4v) is 1.48. The summed E-state index contributed by atoms with van der Waals surface area (Å²) in [5.74, 6) is 0.250. The molecule has 10 heavy (non-hydrogen) atoms. The Hall–Kier alpha value is 0.150. The van der Waals surface area contributed by atoms with Crippen molar-refractivity contribution in [3.8, 4) is 0 Å². The van der Waals surface area contributed by atoms with Crippen molar-refractivity contribution >= 4 is 20.6 Å². The van der Waals surface area contributed by atoms with Crippen LogP contribution in [-0.2, 0) is 4.79 Å². The van der Waals surface area contributed by atoms with Gasteiger partial charge < -0.3 is 0 Å². The summed E-state index contributed by atoms with van der Waals surface area (Å²) < 4.78 is 0.170. The van der Waals surface area contributed by atoms with Gasteiger partial charge in [-0.3, -0.25) is 4.79 Å². The van der Waals surface area contributed by atoms with Crippen LogP contribution in [0.2, 0.25) is 0 Å². The minimum Gasteiger partial charge on any atom is -0.286 e. The molecule has 0 aliphatic carbocycles. The monoisotopic (exact) mass is 206 g/mol. The van der Waals surface area contributed by atoms with Crippen molar-refractivity contribution < 1.29 is 4.79 Å². The normalized spacial score (nSPS) is 13.1. The summed E-state index contributed by atoms with van der Waals surface area (Å²) in [5.41, 5.74) is 0. The highest BCUT2D eigenvalue weighted by Gasteiger charge is 2.11. The van der Waals surface area contributed by atoms with Gasteiger partial charge in [0.25, 0.3) is 0 Å². The van der Waals surface area contributed by atoms with Crippen molar-refractivity contribution in [3.63, 3.8) is 0 Å². The predicted molar refractivity (Wildman–Crippen MR) is 47.2 cm³/mol. The zero-order chi connectivity index (χ0) is 7.98. The van der Waals surface area contributed by atoms with Gasteiger partial charge >= 0.3 is 0 Å². The molecule has 0 aromatic heterocycles. The van der Waals surface area contributed by atoms with Gasteiger partial charge in [-0.05, 0) is 28.8 Å². The van der Waals surface area contributed by atoms with E-state index in [1.54, 1.807) is 0 Å². The Bertz CT molecular complexity index is 101. The van der Waals surface area contributed by atoms with Crippen LogP contribution in [0, 0.1) is 5.92 Å². The molecule has 0 saturated heterocycles. The second-order valence-corrected chi connectivity index (χ2v) is 3.33. The van der Waals surface area contributed by atoms with Crippen molar-refractivity contribution in [1.82, 2.24) is 0 Å². The van der Waals surface area contributed by atoms with Crippen LogP contribution in [-0.4, -0.2) is 4.69 Å². The van der Waals surface area contributed by atoms with E-state index >= 15 is 0 Å². The second-order valence-electron chi connectivity index (χ2n) is 2.55. The Morgan fingerprint density at radius 2 is 2.10 bits per heavy atom. The molecule has 0 aliphatic heterocycles. The predicted octanol–water partition coefficient (Wildman–Crippen LogP) is 3.12. The smallest absolute Gasteiger partial charge is 0.200 e. The first kappa shape index (κ1) is 10.2. The molecule has 0 radical (unpaired) electrons. The fraction of sp³-hybridized carbons (Fsp3) is 0.875. The summed E-state index contributed by atoms with van der Waals surface area (Å²) >= 11 is 2.99. The van der Waals surface area contributed by atoms with Crippen molar-refractivity contribution in [3.05, 3.63) is 0 Å². The molecular formula is C8H15BrO. The summed E-state index contributed by atoms with van der Waals surface area (Å²) in [6.45, 7) is 4.20. The second kappa shape index (κ2) is 5.90. The lowest BCUT2D eigenvalue weighted by molar-refractivity contribution is -0.114. The molecule has 1 unspecified atom stereocenters. The molecule has 0 fully saturated rings. The van der Waals surface area contributed by atoms with Gasteiger partial charge in [0.1, 0.15) is 0 Å². The summed E-state index contributed by atoms with van der Waals surface area (Å²) in [7, 11) is 0. The highest BCUT2D eigenvalue weighted by molar-refractivity contribution is 9.18. The van der Waals surface area contributed by atoms with E-state index in [0.717, 1.165) is 19.3 Å². The Balaban J connectivity index is 3.50. The zero-order valence-electron chi connectivity index (χ0n) is 6.69. The SMILES string of the molecule is CCCCC(CC)C(=O)Br. The van der Waals surface area contributed by atoms with Crippen LogP contribution in [0.5, 0.6) is 0 Å². The van der Waals surface area contributed by atoms with Crippen LogP contribution >= 0.6 is 15.9 Å². The molecule has 0 bridgehead atoms. The van der Waals surface area contributed by atoms with E-state index < -0.39 is 0 Å². The number of rotatable bonds is 5. The van der Waals surface area contributed by atoms with Gasteiger partial charge in [-0.1, -0.05) is 26.7 Å². The lowest BCUT2D eigenvalue weighted by Gasteiger charge is -2.07. The molecule has 0 saturated carbocycles. The largest absolute Gasteiger partial charge is 0.286 e. The maximum atomic E-state index is 10.8. The molecule has 0 aromatic carbocycles. The van der Waals surface area contributed by atoms with E-state index in [9.17, 15) is 4.79 Å². The van der Waals surface area contributed by atoms with Crippen LogP contribution in [0.3, 0.4) is 0 Å². The lowest BCUT2D eigenvalue weighted by Crippen LogP contribution is -2.06. The number of hydrogen-bond acceptors (Lipinski definition) is 1. The van der Waals surface area contributed by atoms with Gasteiger partial charge in [0.05, 0.1) is 0 Å². The average Bonchev–Trinajstić information content (AvgIpc) is 1.89. The molecule has 0 spiro atoms. The van der Waals surface area contributed by atoms with E-state index in [-0.39, 0.29) is 10.6 Å². The molecule has 1 atom stereocenters. The molecule has 0 amide bonds. The van der Waals surface area contributed by atoms with Gasteiger partial charge in [0.2, 0.25) is 4.69 Å². The Morgan fingerprint density at radius 3 is 2.40 bits per heavy atom. The summed E-state index contributed by atoms with van der Waals surface area (Å²) in [4.78, 5) is 10.8. The number of carbonyl (C=O) groups is 1. The maximum Gasteiger partial charge on any atom is 0.200 e. The average molecular weight is 207 g/mol. The van der Waals surface area contributed by atoms with E-state index in [2.05, 4.69) is 29.8 Å². The summed E-state index contributed by atoms with van der Waals surface area (Å²) in [6, 6.07) is 0. The van der Waals surface area contributed by atoms with Gasteiger partial charge in [0, 0.05) is 5.92 Å². The van der Waals surface area contributed by atoms with Gasteiger partial charge in [-0.2, -0.15) is 0 Å². The summed E-state index contributed by atoms with van der Waals surface area (Å²) in [5, 5.41) is 0. The molecule has 1 nitrogen and oxygen atoms in total. The molecule has 2 heteroatoms. The van der Waals surface area contributed by atoms with Crippen molar-refractivity contribution in [2.45, 2.75) is 39.5 Å². The van der Waals surface area contributed by atoms with E-state index in [0.29, 0.717) is 0 Å². The third-order valence-electron chi connectivity index (χ3n) is 1.72. The van der Waals surface area contributed by atoms with Crippen molar-refractivity contribution in [2.24, 2.45) is 5.92 Å². The minimum absolute atomic E-state index is 0.170. The third-order valence-corrected chi connectivity index (χ3v) is 2.37. The quantitative estimate of drug-likeness (QED) is 0.633. The van der Waals surface area contributed by atoms with Gasteiger partial charge in [-0.25, -0.2) is 0 Å². The van der Waals surface area contributed by atoms with E-state index in [4.69, 9.17) is 0 Å². The summed E-state index contributed by atoms with van der Waals surface area (Å²) in [6.07, 6.45) is 4.34. The topological polar surface area (TPSA) is 17.1 Å². The van der Waals surface area contributed by atoms with Crippen LogP contribution in [0.25, 0.3) is 0 Å². The standard InChI is InChI=1S/C8H15BrO/c1-3-5-6-7(4-2)8(9)10/h7H,3-6H2,1-2H3. The minimum atomic E-state index is 0.170. The van der Waals surface area contributed by atoms with Gasteiger partial charge in [0.15, 0.2) is 0 Å². The Morgan fingerprint density at radius 1 is 1.50 bits per heavy atom. The van der Waals surface area contributed by atoms with Crippen molar-refractivity contribution in [1.29, 1.82) is 0 Å². The first-order valence-electron chi connectivity index (χ1n) is 3.91. The number of unbranched alkanes of at least 4 members (excludes halogenated alkanes) is 1. The van der Waals surface area contributed by atoms with Crippen molar-refractivity contribution in [2.75, 3.05) is 0 Å². The van der Waals surface area contributed by atoms with E-state index in [1.807, 2.05) is 0 Å². The zero-order valence-corrected chi connectivity index (χ0v) is 8.28. The first-order valence-corrected chi connectivity index (χ1v) is 4.71.